The normalized spacial score (nSPS) is 19.4. The van der Waals surface area contributed by atoms with Crippen LogP contribution in [-0.4, -0.2) is 19.0 Å². The third kappa shape index (κ3) is 1.91. The fourth-order valence-corrected chi connectivity index (χ4v) is 2.56. The molecule has 8 heteroatoms. The van der Waals surface area contributed by atoms with Crippen molar-refractivity contribution in [3.63, 3.8) is 0 Å². The van der Waals surface area contributed by atoms with Gasteiger partial charge in [-0.05, 0) is 18.2 Å². The Hall–Kier alpha value is -1.25. The Labute approximate surface area is 88.8 Å². The average Bonchev–Trinajstić information content (AvgIpc) is 2.16. The van der Waals surface area contributed by atoms with Crippen molar-refractivity contribution >= 4 is 33.0 Å². The second kappa shape index (κ2) is 3.40. The predicted octanol–water partition coefficient (Wildman–Crippen LogP) is -0.190. The summed E-state index contributed by atoms with van der Waals surface area (Å²) in [6.07, 6.45) is 1.30. The maximum atomic E-state index is 11.4. The van der Waals surface area contributed by atoms with E-state index in [2.05, 4.69) is 9.71 Å². The zero-order valence-electron chi connectivity index (χ0n) is 7.38. The molecule has 15 heavy (non-hydrogen) atoms. The lowest BCUT2D eigenvalue weighted by atomic mass is 10.3. The zero-order valence-corrected chi connectivity index (χ0v) is 9.01. The van der Waals surface area contributed by atoms with Gasteiger partial charge >= 0.3 is 0 Å². The number of hydrogen-bond acceptors (Lipinski definition) is 4. The van der Waals surface area contributed by atoms with Crippen LogP contribution in [0.4, 0.5) is 5.69 Å². The average molecular weight is 245 g/mol. The minimum absolute atomic E-state index is 0.0755. The standard InChI is InChI=1S/C7H7N3O3S2/c8-15(12,13)5-1-2-6-7(3-5)14(11)10-4-9-6/h1-4H,(H,9,10)(H2,8,12,13). The van der Waals surface area contributed by atoms with Crippen LogP contribution in [0.5, 0.6) is 0 Å². The van der Waals surface area contributed by atoms with Crippen LogP contribution in [0.15, 0.2) is 32.4 Å². The fourth-order valence-electron chi connectivity index (χ4n) is 1.14. The van der Waals surface area contributed by atoms with Crippen LogP contribution in [0.3, 0.4) is 0 Å². The van der Waals surface area contributed by atoms with Gasteiger partial charge in [-0.1, -0.05) is 0 Å². The highest BCUT2D eigenvalue weighted by atomic mass is 32.2. The number of rotatable bonds is 1. The third-order valence-corrected chi connectivity index (χ3v) is 3.76. The first kappa shape index (κ1) is 10.3. The molecule has 0 radical (unpaired) electrons. The maximum absolute atomic E-state index is 11.4. The predicted molar refractivity (Wildman–Crippen MR) is 56.3 cm³/mol. The number of primary sulfonamides is 1. The molecule has 1 aliphatic heterocycles. The molecule has 1 aromatic carbocycles. The van der Waals surface area contributed by atoms with E-state index in [1.54, 1.807) is 0 Å². The first-order valence-corrected chi connectivity index (χ1v) is 6.51. The molecule has 1 heterocycles. The molecule has 80 valence electrons. The Kier molecular flexibility index (Phi) is 2.33. The van der Waals surface area contributed by atoms with Crippen LogP contribution in [-0.2, 0) is 21.0 Å². The van der Waals surface area contributed by atoms with Gasteiger partial charge in [0.25, 0.3) is 0 Å². The number of anilines is 1. The Morgan fingerprint density at radius 1 is 1.40 bits per heavy atom. The molecular weight excluding hydrogens is 238 g/mol. The number of nitrogens with two attached hydrogens (primary N) is 1. The van der Waals surface area contributed by atoms with Crippen molar-refractivity contribution in [1.82, 2.24) is 0 Å². The summed E-state index contributed by atoms with van der Waals surface area (Å²) in [7, 11) is -5.35. The van der Waals surface area contributed by atoms with Crippen molar-refractivity contribution < 1.29 is 12.6 Å². The molecule has 0 fully saturated rings. The highest BCUT2D eigenvalue weighted by molar-refractivity contribution is 7.89. The van der Waals surface area contributed by atoms with E-state index in [1.807, 2.05) is 0 Å². The van der Waals surface area contributed by atoms with Gasteiger partial charge in [0.2, 0.25) is 10.0 Å². The lowest BCUT2D eigenvalue weighted by Gasteiger charge is -2.11. The molecule has 1 aromatic rings. The molecule has 1 aliphatic rings. The lowest BCUT2D eigenvalue weighted by Crippen LogP contribution is -2.14. The number of fused-ring (bicyclic) bond motifs is 1. The smallest absolute Gasteiger partial charge is 0.238 e. The molecule has 0 bridgehead atoms. The summed E-state index contributed by atoms with van der Waals surface area (Å²) in [5, 5.41) is 7.70. The SMILES string of the molecule is NS(=O)(=O)c1ccc2c(c1)S(=O)N=CN2. The molecule has 6 nitrogen and oxygen atoms in total. The van der Waals surface area contributed by atoms with Crippen LogP contribution < -0.4 is 10.5 Å². The van der Waals surface area contributed by atoms with Gasteiger partial charge in [0.05, 0.1) is 15.5 Å². The number of hydrogen-bond donors (Lipinski definition) is 2. The van der Waals surface area contributed by atoms with E-state index in [9.17, 15) is 12.6 Å². The van der Waals surface area contributed by atoms with Crippen molar-refractivity contribution in [1.29, 1.82) is 0 Å². The van der Waals surface area contributed by atoms with Crippen LogP contribution in [0.1, 0.15) is 0 Å². The third-order valence-electron chi connectivity index (χ3n) is 1.84. The Bertz CT molecular complexity index is 565. The molecule has 0 amide bonds. The molecule has 2 rings (SSSR count). The second-order valence-electron chi connectivity index (χ2n) is 2.83. The van der Waals surface area contributed by atoms with Gasteiger partial charge in [-0.3, -0.25) is 0 Å². The monoisotopic (exact) mass is 245 g/mol. The van der Waals surface area contributed by atoms with Gasteiger partial charge in [-0.25, -0.2) is 17.8 Å². The Morgan fingerprint density at radius 3 is 2.80 bits per heavy atom. The molecule has 3 N–H and O–H groups in total. The van der Waals surface area contributed by atoms with Crippen LogP contribution >= 0.6 is 0 Å². The van der Waals surface area contributed by atoms with E-state index in [0.29, 0.717) is 10.6 Å². The van der Waals surface area contributed by atoms with E-state index in [4.69, 9.17) is 5.14 Å². The first-order chi connectivity index (χ1) is 6.98. The van der Waals surface area contributed by atoms with Crippen molar-refractivity contribution in [2.75, 3.05) is 5.32 Å². The van der Waals surface area contributed by atoms with Crippen LogP contribution in [0.2, 0.25) is 0 Å². The topological polar surface area (TPSA) is 102 Å². The van der Waals surface area contributed by atoms with Gasteiger partial charge in [0.1, 0.15) is 6.34 Å². The van der Waals surface area contributed by atoms with E-state index < -0.39 is 21.0 Å². The second-order valence-corrected chi connectivity index (χ2v) is 5.54. The minimum atomic E-state index is -3.77. The van der Waals surface area contributed by atoms with E-state index >= 15 is 0 Å². The summed E-state index contributed by atoms with van der Waals surface area (Å²) < 4.78 is 37.1. The van der Waals surface area contributed by atoms with Crippen LogP contribution in [0, 0.1) is 0 Å². The summed E-state index contributed by atoms with van der Waals surface area (Å²) in [6.45, 7) is 0. The summed E-state index contributed by atoms with van der Waals surface area (Å²) in [5.41, 5.74) is 0.565. The fraction of sp³-hybridized carbons (Fsp3) is 0. The highest BCUT2D eigenvalue weighted by Crippen LogP contribution is 2.25. The number of nitrogens with one attached hydrogen (secondary N) is 1. The molecule has 0 aliphatic carbocycles. The molecule has 1 atom stereocenters. The lowest BCUT2D eigenvalue weighted by molar-refractivity contribution is 0.597. The number of benzene rings is 1. The van der Waals surface area contributed by atoms with Gasteiger partial charge in [-0.15, -0.1) is 0 Å². The molecule has 1 unspecified atom stereocenters. The number of sulfonamides is 1. The van der Waals surface area contributed by atoms with Gasteiger partial charge in [0.15, 0.2) is 11.0 Å². The summed E-state index contributed by atoms with van der Waals surface area (Å²) in [5.74, 6) is 0. The van der Waals surface area contributed by atoms with E-state index in [1.165, 1.54) is 24.5 Å². The largest absolute Gasteiger partial charge is 0.345 e. The van der Waals surface area contributed by atoms with Crippen molar-refractivity contribution in [2.45, 2.75) is 9.79 Å². The molecule has 0 saturated heterocycles. The highest BCUT2D eigenvalue weighted by Gasteiger charge is 2.16. The quantitative estimate of drug-likeness (QED) is 0.716. The Balaban J connectivity index is 2.62. The molecule has 0 saturated carbocycles. The van der Waals surface area contributed by atoms with Gasteiger partial charge in [-0.2, -0.15) is 4.40 Å². The van der Waals surface area contributed by atoms with Gasteiger partial charge in [0, 0.05) is 0 Å². The van der Waals surface area contributed by atoms with Crippen molar-refractivity contribution in [3.8, 4) is 0 Å². The summed E-state index contributed by atoms with van der Waals surface area (Å²) in [6, 6.07) is 4.10. The van der Waals surface area contributed by atoms with Gasteiger partial charge < -0.3 is 5.32 Å². The van der Waals surface area contributed by atoms with Crippen molar-refractivity contribution in [3.05, 3.63) is 18.2 Å². The maximum Gasteiger partial charge on any atom is 0.238 e. The Morgan fingerprint density at radius 2 is 2.13 bits per heavy atom. The summed E-state index contributed by atoms with van der Waals surface area (Å²) >= 11 is 0. The van der Waals surface area contributed by atoms with E-state index in [0.717, 1.165) is 0 Å². The first-order valence-electron chi connectivity index (χ1n) is 3.86. The number of nitrogens with zero attached hydrogens (tertiary/aromatic N) is 1. The van der Waals surface area contributed by atoms with E-state index in [-0.39, 0.29) is 4.90 Å². The van der Waals surface area contributed by atoms with Crippen LogP contribution in [0.25, 0.3) is 0 Å². The minimum Gasteiger partial charge on any atom is -0.345 e. The molecule has 0 aromatic heterocycles. The molecular formula is C7H7N3O3S2. The summed E-state index contributed by atoms with van der Waals surface area (Å²) in [4.78, 5) is 0.234. The molecule has 0 spiro atoms. The zero-order chi connectivity index (χ0) is 11.1. The van der Waals surface area contributed by atoms with Crippen molar-refractivity contribution in [2.24, 2.45) is 9.54 Å².